The molecule has 2 unspecified atom stereocenters. The number of nitrogens with one attached hydrogen (secondary N) is 2. The second kappa shape index (κ2) is 3.56. The van der Waals surface area contributed by atoms with E-state index < -0.39 is 0 Å². The lowest BCUT2D eigenvalue weighted by Crippen LogP contribution is -2.61. The average molecular weight is 184 g/mol. The molecule has 2 rings (SSSR count). The van der Waals surface area contributed by atoms with E-state index in [0.717, 1.165) is 32.4 Å². The van der Waals surface area contributed by atoms with E-state index in [0.29, 0.717) is 12.1 Å². The lowest BCUT2D eigenvalue weighted by atomic mass is 9.96. The average Bonchev–Trinajstić information content (AvgIpc) is 2.02. The summed E-state index contributed by atoms with van der Waals surface area (Å²) in [5.41, 5.74) is -0.0116. The van der Waals surface area contributed by atoms with Crippen LogP contribution in [0.15, 0.2) is 0 Å². The van der Waals surface area contributed by atoms with Gasteiger partial charge in [0.1, 0.15) is 5.72 Å². The van der Waals surface area contributed by atoms with E-state index in [1.165, 1.54) is 0 Å². The van der Waals surface area contributed by atoms with Crippen molar-refractivity contribution in [3.63, 3.8) is 0 Å². The van der Waals surface area contributed by atoms with Gasteiger partial charge >= 0.3 is 0 Å². The SMILES string of the molecule is CC1CC(C)OC2(CCNCC2)N1. The van der Waals surface area contributed by atoms with Gasteiger partial charge in [-0.05, 0) is 33.4 Å². The van der Waals surface area contributed by atoms with Crippen LogP contribution in [0.25, 0.3) is 0 Å². The van der Waals surface area contributed by atoms with E-state index in [4.69, 9.17) is 4.74 Å². The lowest BCUT2D eigenvalue weighted by molar-refractivity contribution is -0.160. The van der Waals surface area contributed by atoms with Crippen LogP contribution in [0.3, 0.4) is 0 Å². The van der Waals surface area contributed by atoms with E-state index in [1.54, 1.807) is 0 Å². The Balaban J connectivity index is 2.02. The van der Waals surface area contributed by atoms with Crippen molar-refractivity contribution in [2.45, 2.75) is 51.0 Å². The molecular weight excluding hydrogens is 164 g/mol. The van der Waals surface area contributed by atoms with Gasteiger partial charge in [0.05, 0.1) is 6.10 Å². The van der Waals surface area contributed by atoms with Crippen molar-refractivity contribution < 1.29 is 4.74 Å². The molecule has 2 saturated heterocycles. The molecule has 2 aliphatic heterocycles. The molecule has 0 bridgehead atoms. The summed E-state index contributed by atoms with van der Waals surface area (Å²) in [6.07, 6.45) is 3.74. The van der Waals surface area contributed by atoms with Gasteiger partial charge in [0.25, 0.3) is 0 Å². The van der Waals surface area contributed by atoms with E-state index in [9.17, 15) is 0 Å². The van der Waals surface area contributed by atoms with Gasteiger partial charge in [0.2, 0.25) is 0 Å². The molecule has 0 aromatic carbocycles. The van der Waals surface area contributed by atoms with Crippen LogP contribution in [0, 0.1) is 0 Å². The highest BCUT2D eigenvalue weighted by atomic mass is 16.5. The van der Waals surface area contributed by atoms with Crippen molar-refractivity contribution in [1.29, 1.82) is 0 Å². The zero-order valence-corrected chi connectivity index (χ0v) is 8.60. The maximum atomic E-state index is 6.03. The van der Waals surface area contributed by atoms with Crippen LogP contribution in [-0.2, 0) is 4.74 Å². The molecule has 0 saturated carbocycles. The van der Waals surface area contributed by atoms with E-state index in [2.05, 4.69) is 24.5 Å². The van der Waals surface area contributed by atoms with Crippen LogP contribution in [0.5, 0.6) is 0 Å². The Labute approximate surface area is 80.2 Å². The highest BCUT2D eigenvalue weighted by Crippen LogP contribution is 2.28. The normalized spacial score (nSPS) is 39.2. The second-order valence-corrected chi connectivity index (χ2v) is 4.45. The van der Waals surface area contributed by atoms with Crippen molar-refractivity contribution in [3.8, 4) is 0 Å². The third kappa shape index (κ3) is 2.03. The number of rotatable bonds is 0. The molecule has 2 aliphatic rings. The molecule has 76 valence electrons. The van der Waals surface area contributed by atoms with Crippen molar-refractivity contribution in [3.05, 3.63) is 0 Å². The van der Waals surface area contributed by atoms with Gasteiger partial charge in [0, 0.05) is 18.9 Å². The van der Waals surface area contributed by atoms with Gasteiger partial charge in [-0.15, -0.1) is 0 Å². The highest BCUT2D eigenvalue weighted by Gasteiger charge is 2.38. The molecule has 0 aromatic rings. The predicted octanol–water partition coefficient (Wildman–Crippen LogP) is 0.853. The zero-order chi connectivity index (χ0) is 9.31. The molecule has 13 heavy (non-hydrogen) atoms. The third-order valence-electron chi connectivity index (χ3n) is 3.03. The molecule has 3 heteroatoms. The molecule has 0 aromatic heterocycles. The standard InChI is InChI=1S/C10H20N2O/c1-8-7-9(2)13-10(12-8)3-5-11-6-4-10/h8-9,11-12H,3-7H2,1-2H3. The minimum atomic E-state index is -0.0116. The predicted molar refractivity (Wildman–Crippen MR) is 52.6 cm³/mol. The Morgan fingerprint density at radius 3 is 2.54 bits per heavy atom. The fraction of sp³-hybridized carbons (Fsp3) is 1.00. The van der Waals surface area contributed by atoms with Crippen molar-refractivity contribution in [1.82, 2.24) is 10.6 Å². The molecule has 2 atom stereocenters. The maximum Gasteiger partial charge on any atom is 0.122 e. The first-order chi connectivity index (χ1) is 6.20. The van der Waals surface area contributed by atoms with Gasteiger partial charge < -0.3 is 10.1 Å². The van der Waals surface area contributed by atoms with Crippen molar-refractivity contribution in [2.75, 3.05) is 13.1 Å². The Kier molecular flexibility index (Phi) is 2.58. The van der Waals surface area contributed by atoms with Crippen LogP contribution in [-0.4, -0.2) is 31.0 Å². The largest absolute Gasteiger partial charge is 0.358 e. The highest BCUT2D eigenvalue weighted by molar-refractivity contribution is 4.90. The second-order valence-electron chi connectivity index (χ2n) is 4.45. The molecule has 2 fully saturated rings. The Hall–Kier alpha value is -0.120. The molecule has 1 spiro atoms. The number of hydrogen-bond donors (Lipinski definition) is 2. The van der Waals surface area contributed by atoms with Gasteiger partial charge in [0.15, 0.2) is 0 Å². The minimum absolute atomic E-state index is 0.0116. The summed E-state index contributed by atoms with van der Waals surface area (Å²) in [6, 6.07) is 0.599. The van der Waals surface area contributed by atoms with E-state index >= 15 is 0 Å². The van der Waals surface area contributed by atoms with Crippen LogP contribution >= 0.6 is 0 Å². The monoisotopic (exact) mass is 184 g/mol. The van der Waals surface area contributed by atoms with Gasteiger partial charge in [-0.2, -0.15) is 0 Å². The smallest absolute Gasteiger partial charge is 0.122 e. The topological polar surface area (TPSA) is 33.3 Å². The van der Waals surface area contributed by atoms with E-state index in [1.807, 2.05) is 0 Å². The molecule has 2 N–H and O–H groups in total. The molecule has 0 amide bonds. The quantitative estimate of drug-likeness (QED) is 0.585. The fourth-order valence-corrected chi connectivity index (χ4v) is 2.57. The first-order valence-corrected chi connectivity index (χ1v) is 5.36. The summed E-state index contributed by atoms with van der Waals surface area (Å²) >= 11 is 0. The Morgan fingerprint density at radius 2 is 1.92 bits per heavy atom. The van der Waals surface area contributed by atoms with Gasteiger partial charge in [-0.3, -0.25) is 5.32 Å². The summed E-state index contributed by atoms with van der Waals surface area (Å²) in [4.78, 5) is 0. The third-order valence-corrected chi connectivity index (χ3v) is 3.03. The van der Waals surface area contributed by atoms with Gasteiger partial charge in [-0.25, -0.2) is 0 Å². The number of ether oxygens (including phenoxy) is 1. The zero-order valence-electron chi connectivity index (χ0n) is 8.60. The Bertz CT molecular complexity index is 166. The molecular formula is C10H20N2O. The van der Waals surface area contributed by atoms with Gasteiger partial charge in [-0.1, -0.05) is 0 Å². The van der Waals surface area contributed by atoms with Crippen LogP contribution in [0.2, 0.25) is 0 Å². The van der Waals surface area contributed by atoms with Crippen LogP contribution in [0.1, 0.15) is 33.1 Å². The van der Waals surface area contributed by atoms with Crippen LogP contribution in [0.4, 0.5) is 0 Å². The first kappa shape index (κ1) is 9.44. The minimum Gasteiger partial charge on any atom is -0.358 e. The summed E-state index contributed by atoms with van der Waals surface area (Å²) < 4.78 is 6.03. The molecule has 0 radical (unpaired) electrons. The molecule has 0 aliphatic carbocycles. The molecule has 2 heterocycles. The first-order valence-electron chi connectivity index (χ1n) is 5.36. The lowest BCUT2D eigenvalue weighted by Gasteiger charge is -2.46. The number of hydrogen-bond acceptors (Lipinski definition) is 3. The summed E-state index contributed by atoms with van der Waals surface area (Å²) in [6.45, 7) is 6.59. The van der Waals surface area contributed by atoms with Crippen molar-refractivity contribution in [2.24, 2.45) is 0 Å². The number of piperidine rings is 1. The fourth-order valence-electron chi connectivity index (χ4n) is 2.57. The Morgan fingerprint density at radius 1 is 1.23 bits per heavy atom. The maximum absolute atomic E-state index is 6.03. The van der Waals surface area contributed by atoms with Crippen LogP contribution < -0.4 is 10.6 Å². The summed E-state index contributed by atoms with van der Waals surface area (Å²) in [5.74, 6) is 0. The van der Waals surface area contributed by atoms with E-state index in [-0.39, 0.29) is 5.72 Å². The molecule has 3 nitrogen and oxygen atoms in total. The summed E-state index contributed by atoms with van der Waals surface area (Å²) in [5, 5.41) is 6.97. The summed E-state index contributed by atoms with van der Waals surface area (Å²) in [7, 11) is 0. The van der Waals surface area contributed by atoms with Crippen molar-refractivity contribution >= 4 is 0 Å².